The molecule has 3 nitrogen and oxygen atoms in total. The smallest absolute Gasteiger partial charge is 0.139 e. The zero-order valence-electron chi connectivity index (χ0n) is 9.49. The molecule has 0 atom stereocenters. The zero-order chi connectivity index (χ0) is 10.6. The SMILES string of the molecule is Cc1ccnn1COCCS(C)(C)C. The van der Waals surface area contributed by atoms with Crippen molar-refractivity contribution in [1.82, 2.24) is 9.78 Å². The Hall–Kier alpha value is -0.480. The van der Waals surface area contributed by atoms with Crippen molar-refractivity contribution in [2.24, 2.45) is 0 Å². The highest BCUT2D eigenvalue weighted by Crippen LogP contribution is 2.33. The van der Waals surface area contributed by atoms with Crippen LogP contribution in [0.4, 0.5) is 0 Å². The van der Waals surface area contributed by atoms with Gasteiger partial charge in [0.25, 0.3) is 0 Å². The second kappa shape index (κ2) is 4.84. The molecule has 0 aromatic carbocycles. The van der Waals surface area contributed by atoms with Crippen molar-refractivity contribution < 1.29 is 4.74 Å². The van der Waals surface area contributed by atoms with Gasteiger partial charge >= 0.3 is 0 Å². The third-order valence-corrected chi connectivity index (χ3v) is 3.37. The van der Waals surface area contributed by atoms with E-state index in [1.54, 1.807) is 6.20 Å². The van der Waals surface area contributed by atoms with Crippen molar-refractivity contribution in [3.05, 3.63) is 18.0 Å². The maximum absolute atomic E-state index is 5.56. The van der Waals surface area contributed by atoms with Gasteiger partial charge in [0.1, 0.15) is 6.73 Å². The Balaban J connectivity index is 2.20. The second-order valence-corrected chi connectivity index (χ2v) is 8.89. The van der Waals surface area contributed by atoms with Gasteiger partial charge in [0, 0.05) is 17.6 Å². The molecule has 0 unspecified atom stereocenters. The molecule has 1 aromatic heterocycles. The summed E-state index contributed by atoms with van der Waals surface area (Å²) in [5.41, 5.74) is 1.15. The van der Waals surface area contributed by atoms with E-state index in [9.17, 15) is 0 Å². The molecule has 0 radical (unpaired) electrons. The number of hydrogen-bond donors (Lipinski definition) is 0. The molecule has 0 fully saturated rings. The molecule has 1 heterocycles. The van der Waals surface area contributed by atoms with Crippen molar-refractivity contribution in [2.75, 3.05) is 31.1 Å². The molecule has 0 spiro atoms. The van der Waals surface area contributed by atoms with Crippen molar-refractivity contribution in [3.63, 3.8) is 0 Å². The number of aryl methyl sites for hydroxylation is 1. The first-order valence-electron chi connectivity index (χ1n) is 4.71. The fraction of sp³-hybridized carbons (Fsp3) is 0.700. The van der Waals surface area contributed by atoms with Gasteiger partial charge in [-0.15, -0.1) is 0 Å². The van der Waals surface area contributed by atoms with E-state index < -0.39 is 10.0 Å². The lowest BCUT2D eigenvalue weighted by atomic mass is 10.5. The van der Waals surface area contributed by atoms with Gasteiger partial charge in [0.15, 0.2) is 0 Å². The van der Waals surface area contributed by atoms with E-state index in [1.165, 1.54) is 0 Å². The zero-order valence-corrected chi connectivity index (χ0v) is 10.3. The van der Waals surface area contributed by atoms with Crippen molar-refractivity contribution >= 4 is 10.0 Å². The Morgan fingerprint density at radius 3 is 2.64 bits per heavy atom. The van der Waals surface area contributed by atoms with Crippen LogP contribution < -0.4 is 0 Å². The molecule has 1 rings (SSSR count). The number of aromatic nitrogens is 2. The molecule has 14 heavy (non-hydrogen) atoms. The highest BCUT2D eigenvalue weighted by Gasteiger charge is 2.03. The van der Waals surface area contributed by atoms with Gasteiger partial charge in [0.05, 0.1) is 6.61 Å². The topological polar surface area (TPSA) is 27.1 Å². The highest BCUT2D eigenvalue weighted by atomic mass is 32.3. The second-order valence-electron chi connectivity index (χ2n) is 4.30. The van der Waals surface area contributed by atoms with Crippen LogP contribution in [0.3, 0.4) is 0 Å². The van der Waals surface area contributed by atoms with E-state index in [-0.39, 0.29) is 0 Å². The lowest BCUT2D eigenvalue weighted by Gasteiger charge is -2.24. The normalized spacial score (nSPS) is 13.1. The lowest BCUT2D eigenvalue weighted by Crippen LogP contribution is -2.11. The van der Waals surface area contributed by atoms with Gasteiger partial charge in [-0.1, -0.05) is 0 Å². The highest BCUT2D eigenvalue weighted by molar-refractivity contribution is 8.32. The number of hydrogen-bond acceptors (Lipinski definition) is 2. The van der Waals surface area contributed by atoms with Crippen LogP contribution in [0.5, 0.6) is 0 Å². The van der Waals surface area contributed by atoms with Crippen molar-refractivity contribution in [1.29, 1.82) is 0 Å². The largest absolute Gasteiger partial charge is 0.358 e. The summed E-state index contributed by atoms with van der Waals surface area (Å²) in [5.74, 6) is 1.16. The average molecular weight is 216 g/mol. The predicted molar refractivity (Wildman–Crippen MR) is 63.1 cm³/mol. The molecule has 1 aromatic rings. The first kappa shape index (κ1) is 11.6. The van der Waals surface area contributed by atoms with Gasteiger partial charge in [-0.3, -0.25) is 0 Å². The van der Waals surface area contributed by atoms with Crippen LogP contribution in [0.2, 0.25) is 0 Å². The maximum Gasteiger partial charge on any atom is 0.139 e. The van der Waals surface area contributed by atoms with Crippen LogP contribution in [0.25, 0.3) is 0 Å². The van der Waals surface area contributed by atoms with Gasteiger partial charge in [-0.2, -0.15) is 5.10 Å². The third kappa shape index (κ3) is 4.15. The summed E-state index contributed by atoms with van der Waals surface area (Å²) in [7, 11) is -0.430. The quantitative estimate of drug-likeness (QED) is 0.702. The van der Waals surface area contributed by atoms with Crippen molar-refractivity contribution in [2.45, 2.75) is 13.7 Å². The van der Waals surface area contributed by atoms with Crippen LogP contribution in [0.15, 0.2) is 12.3 Å². The summed E-state index contributed by atoms with van der Waals surface area (Å²) in [6, 6.07) is 1.98. The molecular formula is C10H20N2OS. The van der Waals surface area contributed by atoms with Crippen LogP contribution in [-0.4, -0.2) is 40.9 Å². The first-order chi connectivity index (χ1) is 6.49. The van der Waals surface area contributed by atoms with Crippen molar-refractivity contribution in [3.8, 4) is 0 Å². The number of nitrogens with zero attached hydrogens (tertiary/aromatic N) is 2. The van der Waals surface area contributed by atoms with Gasteiger partial charge < -0.3 is 4.74 Å². The summed E-state index contributed by atoms with van der Waals surface area (Å²) < 4.78 is 7.43. The van der Waals surface area contributed by atoms with E-state index in [0.29, 0.717) is 6.73 Å². The van der Waals surface area contributed by atoms with Gasteiger partial charge in [-0.05, 0) is 31.8 Å². The molecule has 82 valence electrons. The van der Waals surface area contributed by atoms with Crippen LogP contribution in [0, 0.1) is 6.92 Å². The standard InChI is InChI=1S/C10H20N2OS/c1-10-5-6-11-12(10)9-13-7-8-14(2,3)4/h5-6H,7-9H2,1-4H3. The summed E-state index contributed by atoms with van der Waals surface area (Å²) in [6.45, 7) is 3.44. The van der Waals surface area contributed by atoms with E-state index in [1.807, 2.05) is 17.7 Å². The van der Waals surface area contributed by atoms with Crippen LogP contribution in [0.1, 0.15) is 5.69 Å². The summed E-state index contributed by atoms with van der Waals surface area (Å²) in [5, 5.41) is 4.15. The van der Waals surface area contributed by atoms with E-state index >= 15 is 0 Å². The minimum Gasteiger partial charge on any atom is -0.358 e. The Morgan fingerprint density at radius 2 is 2.14 bits per heavy atom. The average Bonchev–Trinajstić information content (AvgIpc) is 2.44. The molecule has 0 N–H and O–H groups in total. The third-order valence-electron chi connectivity index (χ3n) is 1.98. The summed E-state index contributed by atoms with van der Waals surface area (Å²) in [6.07, 6.45) is 8.70. The minimum atomic E-state index is -0.430. The monoisotopic (exact) mass is 216 g/mol. The molecule has 0 amide bonds. The minimum absolute atomic E-state index is 0.430. The lowest BCUT2D eigenvalue weighted by molar-refractivity contribution is 0.0794. The molecule has 0 saturated carbocycles. The molecular weight excluding hydrogens is 196 g/mol. The fourth-order valence-corrected chi connectivity index (χ4v) is 1.61. The summed E-state index contributed by atoms with van der Waals surface area (Å²) in [4.78, 5) is 0. The first-order valence-corrected chi connectivity index (χ1v) is 7.74. The summed E-state index contributed by atoms with van der Waals surface area (Å²) >= 11 is 0. The van der Waals surface area contributed by atoms with Gasteiger partial charge in [0.2, 0.25) is 0 Å². The van der Waals surface area contributed by atoms with E-state index in [2.05, 4.69) is 23.9 Å². The Morgan fingerprint density at radius 1 is 1.43 bits per heavy atom. The maximum atomic E-state index is 5.56. The molecule has 0 saturated heterocycles. The molecule has 0 aliphatic rings. The number of ether oxygens (including phenoxy) is 1. The fourth-order valence-electron chi connectivity index (χ4n) is 0.994. The van der Waals surface area contributed by atoms with Gasteiger partial charge in [-0.25, -0.2) is 14.7 Å². The number of rotatable bonds is 5. The van der Waals surface area contributed by atoms with Crippen LogP contribution >= 0.6 is 10.0 Å². The predicted octanol–water partition coefficient (Wildman–Crippen LogP) is 1.86. The molecule has 0 aliphatic carbocycles. The Labute approximate surface area is 87.8 Å². The van der Waals surface area contributed by atoms with Crippen LogP contribution in [-0.2, 0) is 11.5 Å². The van der Waals surface area contributed by atoms with E-state index in [4.69, 9.17) is 4.74 Å². The molecule has 4 heteroatoms. The molecule has 0 bridgehead atoms. The Bertz CT molecular complexity index is 278. The van der Waals surface area contributed by atoms with E-state index in [0.717, 1.165) is 18.1 Å². The molecule has 0 aliphatic heterocycles. The Kier molecular flexibility index (Phi) is 4.01.